The molecule has 0 aliphatic carbocycles. The minimum atomic E-state index is 0.268. The van der Waals surface area contributed by atoms with E-state index in [-0.39, 0.29) is 5.41 Å². The molecule has 0 aliphatic rings. The first-order valence-corrected chi connectivity index (χ1v) is 9.07. The van der Waals surface area contributed by atoms with Crippen LogP contribution in [0.3, 0.4) is 0 Å². The molecule has 0 aliphatic heterocycles. The Morgan fingerprint density at radius 1 is 1.14 bits per heavy atom. The predicted octanol–water partition coefficient (Wildman–Crippen LogP) is 4.50. The van der Waals surface area contributed by atoms with Crippen molar-refractivity contribution in [2.45, 2.75) is 65.5 Å². The monoisotopic (exact) mass is 310 g/mol. The van der Waals surface area contributed by atoms with E-state index in [0.717, 1.165) is 19.0 Å². The summed E-state index contributed by atoms with van der Waals surface area (Å²) >= 11 is 1.94. The first-order chi connectivity index (χ1) is 9.79. The summed E-state index contributed by atoms with van der Waals surface area (Å²) in [5, 5.41) is 3.67. The van der Waals surface area contributed by atoms with Crippen molar-refractivity contribution in [2.24, 2.45) is 5.92 Å². The summed E-state index contributed by atoms with van der Waals surface area (Å²) < 4.78 is 0. The maximum absolute atomic E-state index is 3.67. The Bertz CT molecular complexity index is 400. The second-order valence-corrected chi connectivity index (χ2v) is 8.42. The highest BCUT2D eigenvalue weighted by molar-refractivity contribution is 7.12. The molecule has 0 amide bonds. The molecule has 0 spiro atoms. The van der Waals surface area contributed by atoms with Crippen molar-refractivity contribution in [3.05, 3.63) is 21.9 Å². The molecule has 1 heterocycles. The third kappa shape index (κ3) is 5.72. The summed E-state index contributed by atoms with van der Waals surface area (Å²) in [7, 11) is 4.40. The maximum Gasteiger partial charge on any atom is 0.0300 e. The Labute approximate surface area is 135 Å². The minimum Gasteiger partial charge on any atom is -0.310 e. The second kappa shape index (κ2) is 8.30. The van der Waals surface area contributed by atoms with E-state index in [2.05, 4.69) is 71.1 Å². The molecule has 21 heavy (non-hydrogen) atoms. The zero-order chi connectivity index (χ0) is 16.0. The van der Waals surface area contributed by atoms with Crippen LogP contribution in [0.15, 0.2) is 12.1 Å². The van der Waals surface area contributed by atoms with Crippen molar-refractivity contribution in [1.82, 2.24) is 10.2 Å². The molecule has 1 N–H and O–H groups in total. The Balaban J connectivity index is 2.52. The SMILES string of the molecule is CCC(CC)C(CNCc1ccc(C(C)(C)C)s1)N(C)C. The Hall–Kier alpha value is -0.380. The number of hydrogen-bond donors (Lipinski definition) is 1. The normalized spacial score (nSPS) is 14.1. The maximum atomic E-state index is 3.67. The molecular weight excluding hydrogens is 276 g/mol. The number of nitrogens with zero attached hydrogens (tertiary/aromatic N) is 1. The van der Waals surface area contributed by atoms with Gasteiger partial charge in [-0.2, -0.15) is 0 Å². The summed E-state index contributed by atoms with van der Waals surface area (Å²) in [5.74, 6) is 0.779. The number of hydrogen-bond acceptors (Lipinski definition) is 3. The van der Waals surface area contributed by atoms with Crippen molar-refractivity contribution in [3.8, 4) is 0 Å². The second-order valence-electron chi connectivity index (χ2n) is 7.25. The lowest BCUT2D eigenvalue weighted by molar-refractivity contribution is 0.194. The van der Waals surface area contributed by atoms with Crippen LogP contribution >= 0.6 is 11.3 Å². The van der Waals surface area contributed by atoms with E-state index in [9.17, 15) is 0 Å². The van der Waals surface area contributed by atoms with Crippen molar-refractivity contribution in [3.63, 3.8) is 0 Å². The van der Waals surface area contributed by atoms with Gasteiger partial charge in [0.15, 0.2) is 0 Å². The van der Waals surface area contributed by atoms with Crippen LogP contribution in [0.1, 0.15) is 57.2 Å². The van der Waals surface area contributed by atoms with E-state index in [1.54, 1.807) is 0 Å². The summed E-state index contributed by atoms with van der Waals surface area (Å²) in [6, 6.07) is 5.19. The van der Waals surface area contributed by atoms with Gasteiger partial charge in [0.1, 0.15) is 0 Å². The highest BCUT2D eigenvalue weighted by atomic mass is 32.1. The smallest absolute Gasteiger partial charge is 0.0300 e. The van der Waals surface area contributed by atoms with Crippen LogP contribution in [0.4, 0.5) is 0 Å². The van der Waals surface area contributed by atoms with Gasteiger partial charge in [-0.25, -0.2) is 0 Å². The highest BCUT2D eigenvalue weighted by Crippen LogP contribution is 2.29. The molecule has 0 saturated carbocycles. The fraction of sp³-hybridized carbons (Fsp3) is 0.778. The van der Waals surface area contributed by atoms with E-state index in [1.807, 2.05) is 11.3 Å². The van der Waals surface area contributed by atoms with Crippen molar-refractivity contribution < 1.29 is 0 Å². The quantitative estimate of drug-likeness (QED) is 0.760. The average molecular weight is 311 g/mol. The van der Waals surface area contributed by atoms with E-state index in [0.29, 0.717) is 6.04 Å². The van der Waals surface area contributed by atoms with Gasteiger partial charge in [0, 0.05) is 28.9 Å². The van der Waals surface area contributed by atoms with Crippen molar-refractivity contribution in [1.29, 1.82) is 0 Å². The Kier molecular flexibility index (Phi) is 7.38. The van der Waals surface area contributed by atoms with Crippen LogP contribution in [-0.2, 0) is 12.0 Å². The molecule has 3 heteroatoms. The molecule has 1 aromatic rings. The third-order valence-electron chi connectivity index (χ3n) is 4.31. The molecule has 2 nitrogen and oxygen atoms in total. The third-order valence-corrected chi connectivity index (χ3v) is 5.82. The van der Waals surface area contributed by atoms with E-state index < -0.39 is 0 Å². The standard InChI is InChI=1S/C18H34N2S/c1-8-14(9-2)16(20(6)7)13-19-12-15-10-11-17(21-15)18(3,4)5/h10-11,14,16,19H,8-9,12-13H2,1-7H3. The number of rotatable bonds is 8. The lowest BCUT2D eigenvalue weighted by Crippen LogP contribution is -2.42. The van der Waals surface area contributed by atoms with Crippen LogP contribution in [-0.4, -0.2) is 31.6 Å². The fourth-order valence-electron chi connectivity index (χ4n) is 2.82. The van der Waals surface area contributed by atoms with Crippen molar-refractivity contribution >= 4 is 11.3 Å². The Morgan fingerprint density at radius 2 is 1.76 bits per heavy atom. The molecule has 122 valence electrons. The van der Waals surface area contributed by atoms with Crippen LogP contribution in [0.5, 0.6) is 0 Å². The summed E-state index contributed by atoms with van der Waals surface area (Å²) in [4.78, 5) is 5.30. The van der Waals surface area contributed by atoms with E-state index in [1.165, 1.54) is 22.6 Å². The predicted molar refractivity (Wildman–Crippen MR) is 96.3 cm³/mol. The summed E-state index contributed by atoms with van der Waals surface area (Å²) in [6.45, 7) is 13.5. The number of nitrogens with one attached hydrogen (secondary N) is 1. The molecule has 0 aromatic carbocycles. The van der Waals surface area contributed by atoms with Crippen LogP contribution in [0, 0.1) is 5.92 Å². The molecule has 0 bridgehead atoms. The first kappa shape index (κ1) is 18.7. The van der Waals surface area contributed by atoms with Gasteiger partial charge in [0.05, 0.1) is 0 Å². The van der Waals surface area contributed by atoms with Gasteiger partial charge < -0.3 is 10.2 Å². The van der Waals surface area contributed by atoms with E-state index >= 15 is 0 Å². The molecular formula is C18H34N2S. The molecule has 0 saturated heterocycles. The molecule has 1 unspecified atom stereocenters. The van der Waals surface area contributed by atoms with Gasteiger partial charge >= 0.3 is 0 Å². The van der Waals surface area contributed by atoms with Crippen LogP contribution in [0.2, 0.25) is 0 Å². The lowest BCUT2D eigenvalue weighted by Gasteiger charge is -2.31. The van der Waals surface area contributed by atoms with Gasteiger partial charge in [-0.15, -0.1) is 11.3 Å². The largest absolute Gasteiger partial charge is 0.310 e. The molecule has 1 aromatic heterocycles. The molecule has 0 fully saturated rings. The summed E-state index contributed by atoms with van der Waals surface area (Å²) in [5.41, 5.74) is 0.268. The van der Waals surface area contributed by atoms with Gasteiger partial charge in [-0.3, -0.25) is 0 Å². The fourth-order valence-corrected chi connectivity index (χ4v) is 3.86. The molecule has 1 atom stereocenters. The van der Waals surface area contributed by atoms with Gasteiger partial charge in [-0.1, -0.05) is 47.5 Å². The average Bonchev–Trinajstić information content (AvgIpc) is 2.86. The van der Waals surface area contributed by atoms with Crippen LogP contribution in [0.25, 0.3) is 0 Å². The minimum absolute atomic E-state index is 0.268. The number of likely N-dealkylation sites (N-methyl/N-ethyl adjacent to an activating group) is 1. The number of thiophene rings is 1. The Morgan fingerprint density at radius 3 is 2.19 bits per heavy atom. The molecule has 1 rings (SSSR count). The van der Waals surface area contributed by atoms with Gasteiger partial charge in [0.25, 0.3) is 0 Å². The van der Waals surface area contributed by atoms with Gasteiger partial charge in [-0.05, 0) is 37.6 Å². The zero-order valence-electron chi connectivity index (χ0n) is 15.0. The highest BCUT2D eigenvalue weighted by Gasteiger charge is 2.20. The zero-order valence-corrected chi connectivity index (χ0v) is 15.8. The van der Waals surface area contributed by atoms with E-state index in [4.69, 9.17) is 0 Å². The summed E-state index contributed by atoms with van der Waals surface area (Å²) in [6.07, 6.45) is 2.52. The lowest BCUT2D eigenvalue weighted by atomic mass is 9.93. The molecule has 0 radical (unpaired) electrons. The van der Waals surface area contributed by atoms with Gasteiger partial charge in [0.2, 0.25) is 0 Å². The topological polar surface area (TPSA) is 15.3 Å². The van der Waals surface area contributed by atoms with Crippen molar-refractivity contribution in [2.75, 3.05) is 20.6 Å². The van der Waals surface area contributed by atoms with Crippen LogP contribution < -0.4 is 5.32 Å². The first-order valence-electron chi connectivity index (χ1n) is 8.25.